The van der Waals surface area contributed by atoms with Crippen LogP contribution in [0.2, 0.25) is 0 Å². The summed E-state index contributed by atoms with van der Waals surface area (Å²) in [5.74, 6) is 2.49. The number of hydrogen-bond donors (Lipinski definition) is 0. The summed E-state index contributed by atoms with van der Waals surface area (Å²) in [6, 6.07) is 0. The summed E-state index contributed by atoms with van der Waals surface area (Å²) < 4.78 is 7.15. The minimum Gasteiger partial charge on any atom is -0.444 e. The van der Waals surface area contributed by atoms with Crippen molar-refractivity contribution in [2.45, 2.75) is 19.3 Å². The van der Waals surface area contributed by atoms with Crippen molar-refractivity contribution in [3.05, 3.63) is 30.0 Å². The van der Waals surface area contributed by atoms with Crippen molar-refractivity contribution in [2.75, 3.05) is 0 Å². The van der Waals surface area contributed by atoms with Gasteiger partial charge in [0.15, 0.2) is 5.89 Å². The lowest BCUT2D eigenvalue weighted by molar-refractivity contribution is 0.460. The van der Waals surface area contributed by atoms with Crippen LogP contribution in [-0.2, 0) is 12.4 Å². The lowest BCUT2D eigenvalue weighted by Gasteiger charge is -2.00. The first-order valence-electron chi connectivity index (χ1n) is 4.13. The van der Waals surface area contributed by atoms with E-state index >= 15 is 0 Å². The zero-order valence-electron chi connectivity index (χ0n) is 7.64. The summed E-state index contributed by atoms with van der Waals surface area (Å²) >= 11 is 5.68. The van der Waals surface area contributed by atoms with Crippen LogP contribution < -0.4 is 0 Å². The average molecular weight is 213 g/mol. The summed E-state index contributed by atoms with van der Waals surface area (Å²) in [7, 11) is 0. The van der Waals surface area contributed by atoms with Crippen molar-refractivity contribution in [1.29, 1.82) is 0 Å². The Bertz CT molecular complexity index is 422. The van der Waals surface area contributed by atoms with E-state index in [2.05, 4.69) is 15.2 Å². The highest BCUT2D eigenvalue weighted by molar-refractivity contribution is 6.16. The zero-order valence-corrected chi connectivity index (χ0v) is 8.40. The van der Waals surface area contributed by atoms with Crippen molar-refractivity contribution < 1.29 is 4.42 Å². The minimum absolute atomic E-state index is 0.340. The summed E-state index contributed by atoms with van der Waals surface area (Å²) in [4.78, 5) is 4.00. The first kappa shape index (κ1) is 9.21. The Labute approximate surface area is 85.7 Å². The van der Waals surface area contributed by atoms with Gasteiger partial charge in [-0.2, -0.15) is 0 Å². The molecule has 0 atom stereocenters. The van der Waals surface area contributed by atoms with Crippen molar-refractivity contribution in [3.8, 4) is 0 Å². The normalized spacial score (nSPS) is 10.7. The second kappa shape index (κ2) is 3.79. The van der Waals surface area contributed by atoms with Gasteiger partial charge in [0.25, 0.3) is 0 Å². The maximum Gasteiger partial charge on any atom is 0.191 e. The number of hydrogen-bond acceptors (Lipinski definition) is 4. The van der Waals surface area contributed by atoms with E-state index in [0.717, 1.165) is 11.6 Å². The highest BCUT2D eigenvalue weighted by atomic mass is 35.5. The third kappa shape index (κ3) is 1.77. The van der Waals surface area contributed by atoms with Crippen LogP contribution in [0, 0.1) is 6.92 Å². The number of aromatic nitrogens is 4. The molecule has 5 nitrogen and oxygen atoms in total. The molecule has 0 N–H and O–H groups in total. The Balaban J connectivity index is 2.18. The minimum atomic E-state index is 0.340. The molecule has 2 rings (SSSR count). The maximum absolute atomic E-state index is 5.68. The lowest BCUT2D eigenvalue weighted by atomic mass is 10.5. The van der Waals surface area contributed by atoms with Gasteiger partial charge in [0, 0.05) is 6.92 Å². The van der Waals surface area contributed by atoms with E-state index < -0.39 is 0 Å². The van der Waals surface area contributed by atoms with Crippen molar-refractivity contribution >= 4 is 11.6 Å². The molecule has 2 aromatic heterocycles. The quantitative estimate of drug-likeness (QED) is 0.721. The van der Waals surface area contributed by atoms with E-state index in [1.807, 2.05) is 4.57 Å². The highest BCUT2D eigenvalue weighted by Crippen LogP contribution is 2.07. The van der Waals surface area contributed by atoms with Crippen LogP contribution in [0.4, 0.5) is 0 Å². The summed E-state index contributed by atoms with van der Waals surface area (Å²) in [6.45, 7) is 2.37. The number of alkyl halides is 1. The van der Waals surface area contributed by atoms with Crippen LogP contribution >= 0.6 is 11.6 Å². The lowest BCUT2D eigenvalue weighted by Crippen LogP contribution is -2.01. The van der Waals surface area contributed by atoms with Gasteiger partial charge in [0.2, 0.25) is 0 Å². The molecule has 0 amide bonds. The third-order valence-electron chi connectivity index (χ3n) is 1.81. The van der Waals surface area contributed by atoms with Crippen molar-refractivity contribution in [2.24, 2.45) is 0 Å². The molecule has 0 spiro atoms. The van der Waals surface area contributed by atoms with Gasteiger partial charge in [-0.25, -0.2) is 4.98 Å². The average Bonchev–Trinajstić information content (AvgIpc) is 2.76. The molecule has 0 bridgehead atoms. The van der Waals surface area contributed by atoms with E-state index in [9.17, 15) is 0 Å². The molecule has 0 fully saturated rings. The fourth-order valence-electron chi connectivity index (χ4n) is 1.16. The van der Waals surface area contributed by atoms with E-state index in [4.69, 9.17) is 16.0 Å². The molecular formula is C8H9ClN4O. The van der Waals surface area contributed by atoms with E-state index in [1.54, 1.807) is 19.4 Å². The van der Waals surface area contributed by atoms with E-state index in [1.165, 1.54) is 0 Å². The van der Waals surface area contributed by atoms with Gasteiger partial charge in [-0.1, -0.05) is 0 Å². The molecule has 0 aliphatic carbocycles. The smallest absolute Gasteiger partial charge is 0.191 e. The van der Waals surface area contributed by atoms with E-state index in [0.29, 0.717) is 18.3 Å². The first-order chi connectivity index (χ1) is 6.79. The molecule has 74 valence electrons. The molecule has 0 aromatic carbocycles. The summed E-state index contributed by atoms with van der Waals surface area (Å²) in [6.07, 6.45) is 3.31. The van der Waals surface area contributed by atoms with Crippen LogP contribution in [0.5, 0.6) is 0 Å². The van der Waals surface area contributed by atoms with Crippen LogP contribution in [0.25, 0.3) is 0 Å². The van der Waals surface area contributed by atoms with Gasteiger partial charge >= 0.3 is 0 Å². The zero-order chi connectivity index (χ0) is 9.97. The molecule has 0 saturated heterocycles. The van der Waals surface area contributed by atoms with Gasteiger partial charge in [-0.3, -0.25) is 0 Å². The Kier molecular flexibility index (Phi) is 2.49. The molecule has 6 heteroatoms. The second-order valence-electron chi connectivity index (χ2n) is 2.85. The van der Waals surface area contributed by atoms with Gasteiger partial charge in [-0.05, 0) is 0 Å². The summed E-state index contributed by atoms with van der Waals surface area (Å²) in [5.41, 5.74) is 0. The molecule has 0 radical (unpaired) electrons. The number of nitrogens with zero attached hydrogens (tertiary/aromatic N) is 4. The fraction of sp³-hybridized carbons (Fsp3) is 0.375. The first-order valence-corrected chi connectivity index (χ1v) is 4.67. The van der Waals surface area contributed by atoms with Crippen LogP contribution in [0.15, 0.2) is 16.9 Å². The van der Waals surface area contributed by atoms with Gasteiger partial charge in [-0.15, -0.1) is 21.8 Å². The van der Waals surface area contributed by atoms with Crippen LogP contribution in [0.3, 0.4) is 0 Å². The van der Waals surface area contributed by atoms with Crippen LogP contribution in [0.1, 0.15) is 17.5 Å². The second-order valence-corrected chi connectivity index (χ2v) is 3.12. The summed E-state index contributed by atoms with van der Waals surface area (Å²) in [5, 5.41) is 7.62. The van der Waals surface area contributed by atoms with Gasteiger partial charge in [0.05, 0.1) is 18.6 Å². The Morgan fingerprint density at radius 3 is 3.07 bits per heavy atom. The predicted octanol–water partition coefficient (Wildman–Crippen LogP) is 1.36. The topological polar surface area (TPSA) is 56.7 Å². The molecule has 0 aliphatic rings. The number of halogens is 1. The molecule has 0 saturated carbocycles. The van der Waals surface area contributed by atoms with Gasteiger partial charge < -0.3 is 8.98 Å². The highest BCUT2D eigenvalue weighted by Gasteiger charge is 2.06. The number of aryl methyl sites for hydroxylation is 1. The molecule has 0 aliphatic heterocycles. The van der Waals surface area contributed by atoms with E-state index in [-0.39, 0.29) is 0 Å². The largest absolute Gasteiger partial charge is 0.444 e. The fourth-order valence-corrected chi connectivity index (χ4v) is 1.37. The maximum atomic E-state index is 5.68. The Morgan fingerprint density at radius 2 is 2.43 bits per heavy atom. The molecular weight excluding hydrogens is 204 g/mol. The molecule has 0 unspecified atom stereocenters. The monoisotopic (exact) mass is 212 g/mol. The SMILES string of the molecule is Cc1ncc(Cn2cnnc2CCl)o1. The van der Waals surface area contributed by atoms with Crippen molar-refractivity contribution in [3.63, 3.8) is 0 Å². The standard InChI is InChI=1S/C8H9ClN4O/c1-6-10-3-7(14-6)4-13-5-11-12-8(13)2-9/h3,5H,2,4H2,1H3. The molecule has 14 heavy (non-hydrogen) atoms. The molecule has 2 aromatic rings. The molecule has 2 heterocycles. The Morgan fingerprint density at radius 1 is 1.57 bits per heavy atom. The predicted molar refractivity (Wildman–Crippen MR) is 49.9 cm³/mol. The number of rotatable bonds is 3. The van der Waals surface area contributed by atoms with Crippen molar-refractivity contribution in [1.82, 2.24) is 19.7 Å². The third-order valence-corrected chi connectivity index (χ3v) is 2.05. The number of oxazole rings is 1. The van der Waals surface area contributed by atoms with Crippen LogP contribution in [-0.4, -0.2) is 19.7 Å². The van der Waals surface area contributed by atoms with Gasteiger partial charge in [0.1, 0.15) is 17.9 Å². The Hall–Kier alpha value is -1.36.